The lowest BCUT2D eigenvalue weighted by Crippen LogP contribution is -2.49. The first-order valence-corrected chi connectivity index (χ1v) is 13.2. The van der Waals surface area contributed by atoms with Crippen molar-refractivity contribution in [2.75, 3.05) is 49.6 Å². The summed E-state index contributed by atoms with van der Waals surface area (Å²) in [6.07, 6.45) is 0. The van der Waals surface area contributed by atoms with E-state index in [2.05, 4.69) is 15.3 Å². The van der Waals surface area contributed by atoms with Crippen LogP contribution in [0.15, 0.2) is 59.5 Å². The first kappa shape index (κ1) is 26.3. The molecule has 2 aromatic carbocycles. The molecule has 0 aliphatic carbocycles. The van der Waals surface area contributed by atoms with Crippen LogP contribution in [0.2, 0.25) is 0 Å². The van der Waals surface area contributed by atoms with Crippen LogP contribution in [0.1, 0.15) is 12.6 Å². The van der Waals surface area contributed by atoms with Gasteiger partial charge in [-0.25, -0.2) is 22.6 Å². The van der Waals surface area contributed by atoms with Gasteiger partial charge < -0.3 is 19.7 Å². The number of carbonyl (C=O) groups excluding carboxylic acids is 1. The molecule has 0 saturated carbocycles. The van der Waals surface area contributed by atoms with Crippen LogP contribution in [0.3, 0.4) is 0 Å². The van der Waals surface area contributed by atoms with Crippen LogP contribution in [0.5, 0.6) is 5.75 Å². The molecule has 1 saturated heterocycles. The second kappa shape index (κ2) is 11.5. The van der Waals surface area contributed by atoms with Gasteiger partial charge in [-0.05, 0) is 62.4 Å². The molecule has 1 aliphatic rings. The van der Waals surface area contributed by atoms with Crippen LogP contribution in [-0.2, 0) is 19.6 Å². The van der Waals surface area contributed by atoms with Crippen molar-refractivity contribution in [3.63, 3.8) is 0 Å². The molecule has 10 nitrogen and oxygen atoms in total. The minimum Gasteiger partial charge on any atom is -0.482 e. The fourth-order valence-corrected chi connectivity index (χ4v) is 5.19. The first-order chi connectivity index (χ1) is 17.7. The second-order valence-corrected chi connectivity index (χ2v) is 10.2. The van der Waals surface area contributed by atoms with Gasteiger partial charge in [-0.15, -0.1) is 0 Å². The molecule has 1 N–H and O–H groups in total. The van der Waals surface area contributed by atoms with Gasteiger partial charge >= 0.3 is 5.97 Å². The van der Waals surface area contributed by atoms with E-state index in [0.29, 0.717) is 36.3 Å². The highest BCUT2D eigenvalue weighted by Gasteiger charge is 2.29. The van der Waals surface area contributed by atoms with Crippen LogP contribution >= 0.6 is 0 Å². The van der Waals surface area contributed by atoms with E-state index in [1.807, 2.05) is 11.8 Å². The number of benzene rings is 2. The quantitative estimate of drug-likeness (QED) is 0.418. The maximum Gasteiger partial charge on any atom is 0.344 e. The van der Waals surface area contributed by atoms with Crippen molar-refractivity contribution in [2.24, 2.45) is 0 Å². The van der Waals surface area contributed by atoms with Gasteiger partial charge in [0.05, 0.1) is 11.5 Å². The van der Waals surface area contributed by atoms with Gasteiger partial charge in [0.1, 0.15) is 17.4 Å². The Morgan fingerprint density at radius 3 is 2.35 bits per heavy atom. The number of sulfonamides is 1. The Bertz CT molecular complexity index is 1330. The number of nitrogens with zero attached hydrogens (tertiary/aromatic N) is 4. The van der Waals surface area contributed by atoms with Crippen LogP contribution in [0, 0.1) is 12.7 Å². The summed E-state index contributed by atoms with van der Waals surface area (Å²) in [6.45, 7) is 4.93. The number of ether oxygens (including phenoxy) is 2. The average Bonchev–Trinajstić information content (AvgIpc) is 2.89. The maximum absolute atomic E-state index is 13.2. The monoisotopic (exact) mass is 529 g/mol. The third kappa shape index (κ3) is 6.71. The van der Waals surface area contributed by atoms with E-state index >= 15 is 0 Å². The molecule has 12 heteroatoms. The smallest absolute Gasteiger partial charge is 0.344 e. The number of carbonyl (C=O) groups is 1. The Morgan fingerprint density at radius 1 is 1.03 bits per heavy atom. The Labute approximate surface area is 215 Å². The predicted octanol–water partition coefficient (Wildman–Crippen LogP) is 3.12. The van der Waals surface area contributed by atoms with Crippen LogP contribution in [-0.4, -0.2) is 68.1 Å². The standard InChI is InChI=1S/C25H28FN5O5S/c1-3-35-24(32)17-36-21-8-10-22(11-9-21)37(33,34)31-14-12-30(13-15-31)25-27-18(2)16-23(29-25)28-20-6-4-19(26)5-7-20/h4-11,16H,3,12-15,17H2,1-2H3,(H,27,28,29). The number of rotatable bonds is 9. The zero-order chi connectivity index (χ0) is 26.4. The van der Waals surface area contributed by atoms with Crippen molar-refractivity contribution in [3.8, 4) is 5.75 Å². The number of aromatic nitrogens is 2. The molecule has 37 heavy (non-hydrogen) atoms. The van der Waals surface area contributed by atoms with E-state index in [0.717, 1.165) is 5.69 Å². The van der Waals surface area contributed by atoms with E-state index in [4.69, 9.17) is 9.47 Å². The number of hydrogen-bond donors (Lipinski definition) is 1. The summed E-state index contributed by atoms with van der Waals surface area (Å²) < 4.78 is 51.1. The topological polar surface area (TPSA) is 114 Å². The number of piperazine rings is 1. The summed E-state index contributed by atoms with van der Waals surface area (Å²) >= 11 is 0. The molecule has 1 fully saturated rings. The van der Waals surface area contributed by atoms with Gasteiger partial charge in [-0.1, -0.05) is 0 Å². The van der Waals surface area contributed by atoms with Gasteiger partial charge in [0.2, 0.25) is 16.0 Å². The lowest BCUT2D eigenvalue weighted by molar-refractivity contribution is -0.145. The highest BCUT2D eigenvalue weighted by molar-refractivity contribution is 7.89. The van der Waals surface area contributed by atoms with Crippen molar-refractivity contribution in [1.29, 1.82) is 0 Å². The minimum absolute atomic E-state index is 0.141. The molecule has 0 unspecified atom stereocenters. The molecular formula is C25H28FN5O5S. The SMILES string of the molecule is CCOC(=O)COc1ccc(S(=O)(=O)N2CCN(c3nc(C)cc(Nc4ccc(F)cc4)n3)CC2)cc1. The highest BCUT2D eigenvalue weighted by atomic mass is 32.2. The number of anilines is 3. The zero-order valence-corrected chi connectivity index (χ0v) is 21.4. The average molecular weight is 530 g/mol. The van der Waals surface area contributed by atoms with Gasteiger partial charge in [0.15, 0.2) is 6.61 Å². The number of hydrogen-bond acceptors (Lipinski definition) is 9. The van der Waals surface area contributed by atoms with Crippen LogP contribution < -0.4 is 15.0 Å². The summed E-state index contributed by atoms with van der Waals surface area (Å²) in [4.78, 5) is 22.6. The van der Waals surface area contributed by atoms with Crippen molar-refractivity contribution < 1.29 is 27.1 Å². The molecule has 4 rings (SSSR count). The predicted molar refractivity (Wildman–Crippen MR) is 136 cm³/mol. The fourth-order valence-electron chi connectivity index (χ4n) is 3.77. The third-order valence-electron chi connectivity index (χ3n) is 5.60. The normalized spacial score (nSPS) is 14.3. The molecule has 2 heterocycles. The van der Waals surface area contributed by atoms with Crippen molar-refractivity contribution in [2.45, 2.75) is 18.7 Å². The Balaban J connectivity index is 1.38. The van der Waals surface area contributed by atoms with E-state index in [1.165, 1.54) is 40.7 Å². The fraction of sp³-hybridized carbons (Fsp3) is 0.320. The summed E-state index contributed by atoms with van der Waals surface area (Å²) in [6, 6.07) is 13.7. The van der Waals surface area contributed by atoms with Gasteiger partial charge in [0, 0.05) is 43.6 Å². The molecule has 0 amide bonds. The summed E-state index contributed by atoms with van der Waals surface area (Å²) in [7, 11) is -3.71. The Hall–Kier alpha value is -3.77. The number of esters is 1. The van der Waals surface area contributed by atoms with Crippen molar-refractivity contribution >= 4 is 33.4 Å². The van der Waals surface area contributed by atoms with Crippen LogP contribution in [0.25, 0.3) is 0 Å². The number of nitrogens with one attached hydrogen (secondary N) is 1. The van der Waals surface area contributed by atoms with Gasteiger partial charge in [-0.2, -0.15) is 9.29 Å². The molecule has 0 spiro atoms. The molecule has 3 aromatic rings. The van der Waals surface area contributed by atoms with E-state index in [9.17, 15) is 17.6 Å². The molecular weight excluding hydrogens is 501 g/mol. The Kier molecular flexibility index (Phi) is 8.19. The van der Waals surface area contributed by atoms with E-state index < -0.39 is 16.0 Å². The van der Waals surface area contributed by atoms with E-state index in [1.54, 1.807) is 25.1 Å². The van der Waals surface area contributed by atoms with Gasteiger partial charge in [0.25, 0.3) is 0 Å². The van der Waals surface area contributed by atoms with E-state index in [-0.39, 0.29) is 37.0 Å². The first-order valence-electron chi connectivity index (χ1n) is 11.8. The zero-order valence-electron chi connectivity index (χ0n) is 20.6. The Morgan fingerprint density at radius 2 is 1.70 bits per heavy atom. The van der Waals surface area contributed by atoms with Gasteiger partial charge in [-0.3, -0.25) is 0 Å². The largest absolute Gasteiger partial charge is 0.482 e. The van der Waals surface area contributed by atoms with Crippen LogP contribution in [0.4, 0.5) is 21.8 Å². The maximum atomic E-state index is 13.2. The molecule has 1 aliphatic heterocycles. The highest BCUT2D eigenvalue weighted by Crippen LogP contribution is 2.23. The molecule has 0 bridgehead atoms. The van der Waals surface area contributed by atoms with Crippen molar-refractivity contribution in [1.82, 2.24) is 14.3 Å². The third-order valence-corrected chi connectivity index (χ3v) is 7.52. The number of aryl methyl sites for hydroxylation is 1. The molecule has 0 radical (unpaired) electrons. The summed E-state index contributed by atoms with van der Waals surface area (Å²) in [5.41, 5.74) is 1.44. The van der Waals surface area contributed by atoms with Crippen molar-refractivity contribution in [3.05, 3.63) is 66.1 Å². The number of halogens is 1. The summed E-state index contributed by atoms with van der Waals surface area (Å²) in [5.74, 6) is 0.613. The minimum atomic E-state index is -3.71. The second-order valence-electron chi connectivity index (χ2n) is 8.28. The molecule has 196 valence electrons. The molecule has 1 aromatic heterocycles. The lowest BCUT2D eigenvalue weighted by Gasteiger charge is -2.34. The lowest BCUT2D eigenvalue weighted by atomic mass is 10.3. The molecule has 0 atom stereocenters. The summed E-state index contributed by atoms with van der Waals surface area (Å²) in [5, 5.41) is 3.15.